The average molecular weight is 288 g/mol. The fraction of sp³-hybridized carbons (Fsp3) is 0.200. The van der Waals surface area contributed by atoms with Crippen LogP contribution in [0.5, 0.6) is 0 Å². The van der Waals surface area contributed by atoms with Crippen LogP contribution in [0.3, 0.4) is 0 Å². The lowest BCUT2D eigenvalue weighted by molar-refractivity contribution is 0.273. The summed E-state index contributed by atoms with van der Waals surface area (Å²) in [5, 5.41) is 21.8. The first-order valence-corrected chi connectivity index (χ1v) is 6.58. The number of nitrogens with zero attached hydrogens (tertiary/aromatic N) is 2. The van der Waals surface area contributed by atoms with Gasteiger partial charge in [-0.3, -0.25) is 0 Å². The van der Waals surface area contributed by atoms with Gasteiger partial charge in [0.1, 0.15) is 11.9 Å². The smallest absolute Gasteiger partial charge is 0.161 e. The lowest BCUT2D eigenvalue weighted by Gasteiger charge is -2.17. The van der Waals surface area contributed by atoms with Gasteiger partial charge in [0, 0.05) is 0 Å². The van der Waals surface area contributed by atoms with Crippen molar-refractivity contribution in [3.05, 3.63) is 58.7 Å². The van der Waals surface area contributed by atoms with Gasteiger partial charge in [-0.25, -0.2) is 4.98 Å². The molecule has 5 heteroatoms. The van der Waals surface area contributed by atoms with Crippen LogP contribution in [0.25, 0.3) is 0 Å². The number of aliphatic hydroxyl groups is 1. The van der Waals surface area contributed by atoms with E-state index in [1.807, 2.05) is 36.4 Å². The molecule has 0 aliphatic heterocycles. The lowest BCUT2D eigenvalue weighted by atomic mass is 10.1. The van der Waals surface area contributed by atoms with Crippen molar-refractivity contribution >= 4 is 17.4 Å². The molecule has 2 N–H and O–H groups in total. The monoisotopic (exact) mass is 287 g/mol. The zero-order chi connectivity index (χ0) is 14.4. The Kier molecular flexibility index (Phi) is 4.94. The van der Waals surface area contributed by atoms with Gasteiger partial charge in [0.25, 0.3) is 0 Å². The van der Waals surface area contributed by atoms with Gasteiger partial charge in [-0.1, -0.05) is 41.9 Å². The largest absolute Gasteiger partial charge is 0.394 e. The normalized spacial score (nSPS) is 11.7. The summed E-state index contributed by atoms with van der Waals surface area (Å²) in [4.78, 5) is 4.10. The van der Waals surface area contributed by atoms with Crippen LogP contribution in [0, 0.1) is 11.3 Å². The molecule has 0 bridgehead atoms. The number of rotatable bonds is 5. The maximum absolute atomic E-state index is 9.45. The number of hydrogen-bond acceptors (Lipinski definition) is 4. The van der Waals surface area contributed by atoms with E-state index in [1.165, 1.54) is 0 Å². The van der Waals surface area contributed by atoms with Crippen LogP contribution in [0.4, 0.5) is 5.82 Å². The maximum Gasteiger partial charge on any atom is 0.161 e. The summed E-state index contributed by atoms with van der Waals surface area (Å²) in [6, 6.07) is 14.9. The Morgan fingerprint density at radius 1 is 1.25 bits per heavy atom. The molecule has 0 fully saturated rings. The average Bonchev–Trinajstić information content (AvgIpc) is 2.49. The Balaban J connectivity index is 2.09. The molecule has 2 rings (SSSR count). The highest BCUT2D eigenvalue weighted by Crippen LogP contribution is 2.17. The van der Waals surface area contributed by atoms with E-state index in [-0.39, 0.29) is 18.3 Å². The van der Waals surface area contributed by atoms with Gasteiger partial charge in [-0.2, -0.15) is 5.26 Å². The summed E-state index contributed by atoms with van der Waals surface area (Å²) in [6.45, 7) is -0.0267. The summed E-state index contributed by atoms with van der Waals surface area (Å²) < 4.78 is 0. The van der Waals surface area contributed by atoms with Crippen molar-refractivity contribution in [3.8, 4) is 6.07 Å². The van der Waals surface area contributed by atoms with Crippen molar-refractivity contribution in [2.45, 2.75) is 12.5 Å². The quantitative estimate of drug-likeness (QED) is 0.887. The number of hydrogen-bond donors (Lipinski definition) is 2. The van der Waals surface area contributed by atoms with Crippen molar-refractivity contribution in [1.82, 2.24) is 4.98 Å². The number of nitriles is 1. The van der Waals surface area contributed by atoms with Crippen molar-refractivity contribution < 1.29 is 5.11 Å². The molecule has 0 saturated carbocycles. The van der Waals surface area contributed by atoms with Crippen LogP contribution in [-0.4, -0.2) is 22.7 Å². The van der Waals surface area contributed by atoms with Gasteiger partial charge >= 0.3 is 0 Å². The van der Waals surface area contributed by atoms with E-state index < -0.39 is 0 Å². The SMILES string of the molecule is N#Cc1nc(NC(CO)Cc2ccccc2)ccc1Cl. The molecule has 0 amide bonds. The predicted molar refractivity (Wildman–Crippen MR) is 78.6 cm³/mol. The summed E-state index contributed by atoms with van der Waals surface area (Å²) in [5.41, 5.74) is 1.29. The van der Waals surface area contributed by atoms with Crippen molar-refractivity contribution in [1.29, 1.82) is 5.26 Å². The Bertz CT molecular complexity index is 610. The topological polar surface area (TPSA) is 68.9 Å². The lowest BCUT2D eigenvalue weighted by Crippen LogP contribution is -2.26. The van der Waals surface area contributed by atoms with Crippen molar-refractivity contribution in [3.63, 3.8) is 0 Å². The highest BCUT2D eigenvalue weighted by Gasteiger charge is 2.10. The van der Waals surface area contributed by atoms with Gasteiger partial charge < -0.3 is 10.4 Å². The Morgan fingerprint density at radius 3 is 2.65 bits per heavy atom. The van der Waals surface area contributed by atoms with E-state index >= 15 is 0 Å². The molecular formula is C15H14ClN3O. The minimum absolute atomic E-state index is 0.0267. The molecule has 1 aromatic carbocycles. The molecular weight excluding hydrogens is 274 g/mol. The summed E-state index contributed by atoms with van der Waals surface area (Å²) >= 11 is 5.83. The first-order chi connectivity index (χ1) is 9.72. The molecule has 1 aromatic heterocycles. The van der Waals surface area contributed by atoms with Crippen LogP contribution in [0.1, 0.15) is 11.3 Å². The first-order valence-electron chi connectivity index (χ1n) is 6.21. The van der Waals surface area contributed by atoms with Crippen molar-refractivity contribution in [2.24, 2.45) is 0 Å². The third-order valence-electron chi connectivity index (χ3n) is 2.85. The molecule has 1 unspecified atom stereocenters. The fourth-order valence-electron chi connectivity index (χ4n) is 1.87. The molecule has 102 valence electrons. The standard InChI is InChI=1S/C15H14ClN3O/c16-13-6-7-15(19-14(13)9-17)18-12(10-20)8-11-4-2-1-3-5-11/h1-7,12,20H,8,10H2,(H,18,19). The van der Waals surface area contributed by atoms with Crippen LogP contribution < -0.4 is 5.32 Å². The number of pyridine rings is 1. The van der Waals surface area contributed by atoms with Gasteiger partial charge in [0.05, 0.1) is 17.7 Å². The third-order valence-corrected chi connectivity index (χ3v) is 3.15. The maximum atomic E-state index is 9.45. The van der Waals surface area contributed by atoms with Gasteiger partial charge in [-0.15, -0.1) is 0 Å². The first kappa shape index (κ1) is 14.3. The molecule has 0 saturated heterocycles. The van der Waals surface area contributed by atoms with E-state index in [2.05, 4.69) is 10.3 Å². The highest BCUT2D eigenvalue weighted by atomic mass is 35.5. The minimum Gasteiger partial charge on any atom is -0.394 e. The van der Waals surface area contributed by atoms with E-state index in [0.717, 1.165) is 5.56 Å². The second-order valence-electron chi connectivity index (χ2n) is 4.35. The molecule has 4 nitrogen and oxygen atoms in total. The van der Waals surface area contributed by atoms with Crippen LogP contribution >= 0.6 is 11.6 Å². The van der Waals surface area contributed by atoms with E-state index in [9.17, 15) is 5.11 Å². The molecule has 1 atom stereocenters. The molecule has 20 heavy (non-hydrogen) atoms. The molecule has 0 spiro atoms. The Labute approximate surface area is 122 Å². The highest BCUT2D eigenvalue weighted by molar-refractivity contribution is 6.31. The Hall–Kier alpha value is -2.09. The van der Waals surface area contributed by atoms with Crippen molar-refractivity contribution in [2.75, 3.05) is 11.9 Å². The number of aliphatic hydroxyl groups excluding tert-OH is 1. The molecule has 0 radical (unpaired) electrons. The fourth-order valence-corrected chi connectivity index (χ4v) is 2.02. The molecule has 0 aliphatic rings. The third kappa shape index (κ3) is 3.70. The minimum atomic E-state index is -0.169. The van der Waals surface area contributed by atoms with E-state index in [4.69, 9.17) is 16.9 Å². The molecule has 0 aliphatic carbocycles. The summed E-state index contributed by atoms with van der Waals surface area (Å²) in [5.74, 6) is 0.529. The molecule has 1 heterocycles. The van der Waals surface area contributed by atoms with Gasteiger partial charge in [0.2, 0.25) is 0 Å². The number of aromatic nitrogens is 1. The summed E-state index contributed by atoms with van der Waals surface area (Å²) in [6.07, 6.45) is 0.670. The zero-order valence-electron chi connectivity index (χ0n) is 10.8. The number of anilines is 1. The van der Waals surface area contributed by atoms with Gasteiger partial charge in [-0.05, 0) is 24.1 Å². The van der Waals surface area contributed by atoms with Crippen LogP contribution in [0.2, 0.25) is 5.02 Å². The number of benzene rings is 1. The number of halogens is 1. The second-order valence-corrected chi connectivity index (χ2v) is 4.76. The zero-order valence-corrected chi connectivity index (χ0v) is 11.5. The predicted octanol–water partition coefficient (Wildman–Crippen LogP) is 2.62. The van der Waals surface area contributed by atoms with E-state index in [0.29, 0.717) is 17.3 Å². The van der Waals surface area contributed by atoms with Gasteiger partial charge in [0.15, 0.2) is 5.69 Å². The molecule has 2 aromatic rings. The van der Waals surface area contributed by atoms with Crippen LogP contribution in [0.15, 0.2) is 42.5 Å². The van der Waals surface area contributed by atoms with Crippen LogP contribution in [-0.2, 0) is 6.42 Å². The second kappa shape index (κ2) is 6.90. The summed E-state index contributed by atoms with van der Waals surface area (Å²) in [7, 11) is 0. The van der Waals surface area contributed by atoms with E-state index in [1.54, 1.807) is 12.1 Å². The number of nitrogens with one attached hydrogen (secondary N) is 1. The Morgan fingerprint density at radius 2 is 2.00 bits per heavy atom.